The number of rotatable bonds is 6. The average molecular weight is 466 g/mol. The van der Waals surface area contributed by atoms with E-state index in [2.05, 4.69) is 5.32 Å². The molecule has 0 bridgehead atoms. The fourth-order valence-electron chi connectivity index (χ4n) is 5.13. The van der Waals surface area contributed by atoms with Crippen LogP contribution in [-0.4, -0.2) is 39.5 Å². The molecule has 2 amide bonds. The van der Waals surface area contributed by atoms with Crippen LogP contribution in [0, 0.1) is 0 Å². The largest absolute Gasteiger partial charge is 0.494 e. The molecule has 6 nitrogen and oxygen atoms in total. The number of fused-ring (bicyclic) bond motifs is 3. The number of thiophene rings is 1. The van der Waals surface area contributed by atoms with E-state index in [1.54, 1.807) is 16.2 Å². The van der Waals surface area contributed by atoms with E-state index >= 15 is 0 Å². The zero-order chi connectivity index (χ0) is 23.0. The van der Waals surface area contributed by atoms with E-state index in [9.17, 15) is 9.59 Å². The molecule has 3 aromatic rings. The SMILES string of the molecule is CCOc1ccc(CN2C(=O)c3cc4ccsc4n3C[C@]2(C)C(=O)NC2CCCCC2)cc1. The minimum atomic E-state index is -0.976. The molecule has 2 aliphatic rings. The highest BCUT2D eigenvalue weighted by molar-refractivity contribution is 7.16. The van der Waals surface area contributed by atoms with Gasteiger partial charge >= 0.3 is 0 Å². The van der Waals surface area contributed by atoms with E-state index < -0.39 is 5.54 Å². The third-order valence-electron chi connectivity index (χ3n) is 7.03. The van der Waals surface area contributed by atoms with E-state index in [1.807, 2.05) is 60.2 Å². The Morgan fingerprint density at radius 3 is 2.67 bits per heavy atom. The predicted octanol–water partition coefficient (Wildman–Crippen LogP) is 4.97. The highest BCUT2D eigenvalue weighted by atomic mass is 32.1. The van der Waals surface area contributed by atoms with Crippen LogP contribution in [0.4, 0.5) is 0 Å². The Kier molecular flexibility index (Phi) is 5.91. The maximum atomic E-state index is 13.8. The van der Waals surface area contributed by atoms with Crippen molar-refractivity contribution in [2.24, 2.45) is 0 Å². The van der Waals surface area contributed by atoms with Crippen molar-refractivity contribution in [3.63, 3.8) is 0 Å². The van der Waals surface area contributed by atoms with Gasteiger partial charge in [-0.05, 0) is 61.9 Å². The van der Waals surface area contributed by atoms with E-state index in [1.165, 1.54) is 6.42 Å². The van der Waals surface area contributed by atoms with Gasteiger partial charge in [-0.25, -0.2) is 0 Å². The third-order valence-corrected chi connectivity index (χ3v) is 7.98. The molecular formula is C26H31N3O3S. The number of amides is 2. The highest BCUT2D eigenvalue weighted by Crippen LogP contribution is 2.36. The number of nitrogens with zero attached hydrogens (tertiary/aromatic N) is 2. The normalized spacial score (nSPS) is 21.3. The van der Waals surface area contributed by atoms with Gasteiger partial charge in [0.1, 0.15) is 21.8 Å². The van der Waals surface area contributed by atoms with Crippen LogP contribution in [0.2, 0.25) is 0 Å². The zero-order valence-electron chi connectivity index (χ0n) is 19.3. The monoisotopic (exact) mass is 465 g/mol. The maximum Gasteiger partial charge on any atom is 0.271 e. The molecule has 1 aliphatic carbocycles. The second-order valence-electron chi connectivity index (χ2n) is 9.35. The summed E-state index contributed by atoms with van der Waals surface area (Å²) in [5.41, 5.74) is 0.659. The van der Waals surface area contributed by atoms with Crippen molar-refractivity contribution in [3.8, 4) is 5.75 Å². The maximum absolute atomic E-state index is 13.8. The van der Waals surface area contributed by atoms with Gasteiger partial charge in [0.25, 0.3) is 5.91 Å². The Morgan fingerprint density at radius 1 is 1.18 bits per heavy atom. The number of hydrogen-bond acceptors (Lipinski definition) is 4. The lowest BCUT2D eigenvalue weighted by atomic mass is 9.91. The molecule has 0 radical (unpaired) electrons. The lowest BCUT2D eigenvalue weighted by Crippen LogP contribution is -2.64. The van der Waals surface area contributed by atoms with Gasteiger partial charge in [0, 0.05) is 18.0 Å². The number of carbonyl (C=O) groups excluding carboxylic acids is 2. The highest BCUT2D eigenvalue weighted by Gasteiger charge is 2.48. The fraction of sp³-hybridized carbons (Fsp3) is 0.462. The molecule has 1 atom stereocenters. The predicted molar refractivity (Wildman–Crippen MR) is 131 cm³/mol. The molecule has 1 aliphatic heterocycles. The summed E-state index contributed by atoms with van der Waals surface area (Å²) in [6, 6.07) is 12.0. The molecule has 2 aromatic heterocycles. The molecule has 1 N–H and O–H groups in total. The molecule has 0 saturated heterocycles. The van der Waals surface area contributed by atoms with Crippen LogP contribution in [0.1, 0.15) is 62.0 Å². The first-order chi connectivity index (χ1) is 16.0. The second-order valence-corrected chi connectivity index (χ2v) is 10.2. The number of benzene rings is 1. The Morgan fingerprint density at radius 2 is 1.94 bits per heavy atom. The summed E-state index contributed by atoms with van der Waals surface area (Å²) in [4.78, 5) is 30.3. The lowest BCUT2D eigenvalue weighted by molar-refractivity contribution is -0.134. The molecule has 174 valence electrons. The standard InChI is InChI=1S/C26H31N3O3S/c1-3-32-21-11-9-18(10-12-21)16-29-23(30)22-15-19-13-14-33-24(19)28(22)17-26(29,2)25(31)27-20-7-5-4-6-8-20/h9-15,20H,3-8,16-17H2,1-2H3,(H,27,31)/t26-/m1/s1. The first-order valence-electron chi connectivity index (χ1n) is 11.9. The lowest BCUT2D eigenvalue weighted by Gasteiger charge is -2.44. The summed E-state index contributed by atoms with van der Waals surface area (Å²) >= 11 is 1.62. The van der Waals surface area contributed by atoms with Crippen molar-refractivity contribution in [1.29, 1.82) is 0 Å². The number of ether oxygens (including phenoxy) is 1. The van der Waals surface area contributed by atoms with Crippen LogP contribution < -0.4 is 10.1 Å². The van der Waals surface area contributed by atoms with Crippen molar-refractivity contribution in [1.82, 2.24) is 14.8 Å². The van der Waals surface area contributed by atoms with Gasteiger partial charge < -0.3 is 19.5 Å². The topological polar surface area (TPSA) is 63.6 Å². The minimum Gasteiger partial charge on any atom is -0.494 e. The first kappa shape index (κ1) is 22.0. The second kappa shape index (κ2) is 8.86. The Hall–Kier alpha value is -2.80. The molecule has 3 heterocycles. The van der Waals surface area contributed by atoms with Gasteiger partial charge in [-0.15, -0.1) is 11.3 Å². The molecule has 7 heteroatoms. The van der Waals surface area contributed by atoms with Crippen molar-refractivity contribution in [3.05, 3.63) is 53.0 Å². The van der Waals surface area contributed by atoms with Crippen LogP contribution in [0.15, 0.2) is 41.8 Å². The Balaban J connectivity index is 1.49. The number of aromatic nitrogens is 1. The number of nitrogens with one attached hydrogen (secondary N) is 1. The molecule has 0 spiro atoms. The van der Waals surface area contributed by atoms with Crippen molar-refractivity contribution < 1.29 is 14.3 Å². The van der Waals surface area contributed by atoms with Crippen LogP contribution in [0.3, 0.4) is 0 Å². The number of carbonyl (C=O) groups is 2. The summed E-state index contributed by atoms with van der Waals surface area (Å²) in [5, 5.41) is 6.39. The summed E-state index contributed by atoms with van der Waals surface area (Å²) in [7, 11) is 0. The summed E-state index contributed by atoms with van der Waals surface area (Å²) in [5.74, 6) is 0.649. The molecular weight excluding hydrogens is 434 g/mol. The van der Waals surface area contributed by atoms with Crippen molar-refractivity contribution in [2.75, 3.05) is 6.61 Å². The minimum absolute atomic E-state index is 0.0576. The average Bonchev–Trinajstić information content (AvgIpc) is 3.41. The van der Waals surface area contributed by atoms with Gasteiger partial charge in [0.2, 0.25) is 5.91 Å². The number of hydrogen-bond donors (Lipinski definition) is 1. The smallest absolute Gasteiger partial charge is 0.271 e. The van der Waals surface area contributed by atoms with Crippen LogP contribution in [-0.2, 0) is 17.9 Å². The Bertz CT molecular complexity index is 1160. The van der Waals surface area contributed by atoms with E-state index in [0.29, 0.717) is 25.4 Å². The van der Waals surface area contributed by atoms with Crippen LogP contribution in [0.25, 0.3) is 10.2 Å². The quantitative estimate of drug-likeness (QED) is 0.559. The van der Waals surface area contributed by atoms with Crippen LogP contribution >= 0.6 is 11.3 Å². The summed E-state index contributed by atoms with van der Waals surface area (Å²) in [6.45, 7) is 5.31. The van der Waals surface area contributed by atoms with E-state index in [0.717, 1.165) is 47.2 Å². The molecule has 5 rings (SSSR count). The fourth-order valence-corrected chi connectivity index (χ4v) is 6.03. The first-order valence-corrected chi connectivity index (χ1v) is 12.8. The van der Waals surface area contributed by atoms with Gasteiger partial charge in [-0.2, -0.15) is 0 Å². The molecule has 0 unspecified atom stereocenters. The van der Waals surface area contributed by atoms with E-state index in [-0.39, 0.29) is 17.9 Å². The van der Waals surface area contributed by atoms with Gasteiger partial charge in [0.05, 0.1) is 13.2 Å². The van der Waals surface area contributed by atoms with Crippen LogP contribution in [0.5, 0.6) is 5.75 Å². The molecule has 1 fully saturated rings. The van der Waals surface area contributed by atoms with Crippen molar-refractivity contribution >= 4 is 33.4 Å². The summed E-state index contributed by atoms with van der Waals surface area (Å²) < 4.78 is 7.60. The summed E-state index contributed by atoms with van der Waals surface area (Å²) in [6.07, 6.45) is 5.55. The zero-order valence-corrected chi connectivity index (χ0v) is 20.1. The molecule has 1 aromatic carbocycles. The molecule has 1 saturated carbocycles. The molecule has 33 heavy (non-hydrogen) atoms. The third kappa shape index (κ3) is 4.03. The van der Waals surface area contributed by atoms with E-state index in [4.69, 9.17) is 4.74 Å². The van der Waals surface area contributed by atoms with Gasteiger partial charge in [0.15, 0.2) is 0 Å². The van der Waals surface area contributed by atoms with Gasteiger partial charge in [-0.1, -0.05) is 31.4 Å². The van der Waals surface area contributed by atoms with Gasteiger partial charge in [-0.3, -0.25) is 9.59 Å². The van der Waals surface area contributed by atoms with Crippen molar-refractivity contribution in [2.45, 2.75) is 70.6 Å². The Labute approximate surface area is 198 Å².